The summed E-state index contributed by atoms with van der Waals surface area (Å²) in [4.78, 5) is 38.6. The molecule has 0 aliphatic rings. The molecule has 0 amide bonds. The average Bonchev–Trinajstić information content (AvgIpc) is 1.79. The standard InChI is InChI=1S/2C4H6O3.2Pt/c2*1-3(5)2-4(6)7;;/h2*2H2,1H3,(H,6,7);;/q;;2*+2/p-2. The quantitative estimate of drug-likeness (QED) is 0.332. The first-order chi connectivity index (χ1) is 6.25. The van der Waals surface area contributed by atoms with Crippen LogP contribution in [0.4, 0.5) is 0 Å². The van der Waals surface area contributed by atoms with Crippen LogP contribution >= 0.6 is 0 Å². The third kappa shape index (κ3) is 37.3. The van der Waals surface area contributed by atoms with Crippen molar-refractivity contribution in [2.24, 2.45) is 0 Å². The molecule has 0 unspecified atom stereocenters. The molecule has 0 spiro atoms. The van der Waals surface area contributed by atoms with Gasteiger partial charge in [-0.1, -0.05) is 0 Å². The van der Waals surface area contributed by atoms with Gasteiger partial charge >= 0.3 is 42.1 Å². The Bertz CT molecular complexity index is 201. The fraction of sp³-hybridized carbons (Fsp3) is 0.500. The number of ketones is 2. The van der Waals surface area contributed by atoms with Gasteiger partial charge in [0.05, 0.1) is 0 Å². The van der Waals surface area contributed by atoms with Gasteiger partial charge in [-0.2, -0.15) is 0 Å². The van der Waals surface area contributed by atoms with Gasteiger partial charge in [0.2, 0.25) is 0 Å². The van der Waals surface area contributed by atoms with Crippen LogP contribution in [-0.4, -0.2) is 23.5 Å². The summed E-state index contributed by atoms with van der Waals surface area (Å²) >= 11 is 0. The summed E-state index contributed by atoms with van der Waals surface area (Å²) in [6.45, 7) is 2.41. The fourth-order valence-electron chi connectivity index (χ4n) is 0.407. The largest absolute Gasteiger partial charge is 2.00 e. The van der Waals surface area contributed by atoms with Gasteiger partial charge in [0, 0.05) is 24.8 Å². The minimum absolute atomic E-state index is 0. The van der Waals surface area contributed by atoms with Gasteiger partial charge in [0.15, 0.2) is 0 Å². The number of rotatable bonds is 4. The molecule has 0 aliphatic heterocycles. The van der Waals surface area contributed by atoms with Gasteiger partial charge in [0.25, 0.3) is 0 Å². The summed E-state index contributed by atoms with van der Waals surface area (Å²) in [6, 6.07) is 0. The molecule has 8 heteroatoms. The molecule has 0 rings (SSSR count). The number of aliphatic carboxylic acids is 2. The van der Waals surface area contributed by atoms with E-state index in [9.17, 15) is 29.4 Å². The van der Waals surface area contributed by atoms with E-state index in [4.69, 9.17) is 0 Å². The molecule has 0 atom stereocenters. The number of carbonyl (C=O) groups is 4. The number of carboxylic acids is 2. The Kier molecular flexibility index (Phi) is 22.7. The Morgan fingerprint density at radius 1 is 0.750 bits per heavy atom. The summed E-state index contributed by atoms with van der Waals surface area (Å²) < 4.78 is 0. The van der Waals surface area contributed by atoms with Crippen LogP contribution in [0.1, 0.15) is 26.7 Å². The van der Waals surface area contributed by atoms with Crippen molar-refractivity contribution in [3.05, 3.63) is 0 Å². The van der Waals surface area contributed by atoms with Crippen molar-refractivity contribution in [1.29, 1.82) is 0 Å². The molecule has 0 bridgehead atoms. The van der Waals surface area contributed by atoms with E-state index in [-0.39, 0.29) is 53.7 Å². The topological polar surface area (TPSA) is 114 Å². The zero-order valence-electron chi connectivity index (χ0n) is 8.50. The van der Waals surface area contributed by atoms with Crippen LogP contribution in [0.5, 0.6) is 0 Å². The maximum atomic E-state index is 9.83. The zero-order valence-corrected chi connectivity index (χ0v) is 13.0. The maximum absolute atomic E-state index is 9.83. The van der Waals surface area contributed by atoms with Crippen LogP contribution in [0.15, 0.2) is 0 Å². The minimum Gasteiger partial charge on any atom is -0.550 e. The van der Waals surface area contributed by atoms with Crippen LogP contribution in [0.25, 0.3) is 0 Å². The number of hydrogen-bond donors (Lipinski definition) is 0. The minimum atomic E-state index is -1.31. The molecule has 0 N–H and O–H groups in total. The Morgan fingerprint density at radius 3 is 0.938 bits per heavy atom. The Hall–Kier alpha value is -0.343. The molecule has 0 aromatic rings. The second-order valence-electron chi connectivity index (χ2n) is 2.50. The Morgan fingerprint density at radius 2 is 0.938 bits per heavy atom. The van der Waals surface area contributed by atoms with E-state index in [2.05, 4.69) is 0 Å². The third-order valence-corrected chi connectivity index (χ3v) is 0.787. The van der Waals surface area contributed by atoms with Gasteiger partial charge in [-0.15, -0.1) is 0 Å². The molecular weight excluding hydrogens is 582 g/mol. The Labute approximate surface area is 121 Å². The molecule has 0 aliphatic carbocycles. The van der Waals surface area contributed by atoms with Crippen molar-refractivity contribution >= 4 is 23.5 Å². The number of hydrogen-bond acceptors (Lipinski definition) is 6. The average molecular weight is 592 g/mol. The molecular formula is C8H10O6Pt2+2. The molecule has 0 radical (unpaired) electrons. The first-order valence-corrected chi connectivity index (χ1v) is 3.64. The fourth-order valence-corrected chi connectivity index (χ4v) is 0.407. The van der Waals surface area contributed by atoms with Crippen molar-refractivity contribution in [1.82, 2.24) is 0 Å². The second kappa shape index (κ2) is 14.7. The van der Waals surface area contributed by atoms with Crippen molar-refractivity contribution < 1.29 is 71.5 Å². The molecule has 0 saturated heterocycles. The summed E-state index contributed by atoms with van der Waals surface area (Å²) in [7, 11) is 0. The Balaban J connectivity index is -0.0000000800. The van der Waals surface area contributed by atoms with Crippen LogP contribution in [-0.2, 0) is 61.3 Å². The normalized spacial score (nSPS) is 7.12. The summed E-state index contributed by atoms with van der Waals surface area (Å²) in [5, 5.41) is 19.0. The summed E-state index contributed by atoms with van der Waals surface area (Å²) in [6.07, 6.45) is -0.944. The molecule has 0 heterocycles. The van der Waals surface area contributed by atoms with Crippen LogP contribution in [0.3, 0.4) is 0 Å². The number of Topliss-reactive ketones (excluding diaryl/α,β-unsaturated/α-hetero) is 2. The molecule has 6 nitrogen and oxygen atoms in total. The second-order valence-corrected chi connectivity index (χ2v) is 2.50. The van der Waals surface area contributed by atoms with Crippen molar-refractivity contribution in [3.63, 3.8) is 0 Å². The van der Waals surface area contributed by atoms with Crippen LogP contribution in [0, 0.1) is 0 Å². The monoisotopic (exact) mass is 592 g/mol. The molecule has 0 aromatic carbocycles. The van der Waals surface area contributed by atoms with Crippen molar-refractivity contribution in [2.45, 2.75) is 26.7 Å². The number of carbonyl (C=O) groups excluding carboxylic acids is 4. The molecule has 0 fully saturated rings. The van der Waals surface area contributed by atoms with Gasteiger partial charge in [0.1, 0.15) is 11.6 Å². The van der Waals surface area contributed by atoms with Gasteiger partial charge in [-0.25, -0.2) is 0 Å². The SMILES string of the molecule is CC(=O)CC(=O)[O-].CC(=O)CC(=O)[O-].[Pt+2].[Pt+2]. The van der Waals surface area contributed by atoms with E-state index in [0.717, 1.165) is 0 Å². The molecule has 96 valence electrons. The van der Waals surface area contributed by atoms with E-state index in [1.54, 1.807) is 0 Å². The van der Waals surface area contributed by atoms with E-state index in [1.165, 1.54) is 13.8 Å². The van der Waals surface area contributed by atoms with E-state index < -0.39 is 24.8 Å². The first kappa shape index (κ1) is 24.8. The van der Waals surface area contributed by atoms with Crippen molar-refractivity contribution in [2.75, 3.05) is 0 Å². The predicted octanol–water partition coefficient (Wildman–Crippen LogP) is -2.57. The zero-order chi connectivity index (χ0) is 11.7. The first-order valence-electron chi connectivity index (χ1n) is 3.64. The smallest absolute Gasteiger partial charge is 0.550 e. The summed E-state index contributed by atoms with van der Waals surface area (Å²) in [5.74, 6) is -3.37. The van der Waals surface area contributed by atoms with Crippen molar-refractivity contribution in [3.8, 4) is 0 Å². The van der Waals surface area contributed by atoms with Crippen LogP contribution in [0.2, 0.25) is 0 Å². The van der Waals surface area contributed by atoms with Crippen LogP contribution < -0.4 is 10.2 Å². The molecule has 0 aromatic heterocycles. The maximum Gasteiger partial charge on any atom is 2.00 e. The van der Waals surface area contributed by atoms with Gasteiger partial charge in [-0.3, -0.25) is 9.59 Å². The van der Waals surface area contributed by atoms with Gasteiger partial charge < -0.3 is 19.8 Å². The van der Waals surface area contributed by atoms with E-state index in [1.807, 2.05) is 0 Å². The van der Waals surface area contributed by atoms with Gasteiger partial charge in [-0.05, 0) is 13.8 Å². The molecule has 0 saturated carbocycles. The third-order valence-electron chi connectivity index (χ3n) is 0.787. The number of carboxylic acid groups (broad SMARTS) is 2. The summed E-state index contributed by atoms with van der Waals surface area (Å²) in [5.41, 5.74) is 0. The predicted molar refractivity (Wildman–Crippen MR) is 40.6 cm³/mol. The van der Waals surface area contributed by atoms with E-state index >= 15 is 0 Å². The molecule has 16 heavy (non-hydrogen) atoms. The van der Waals surface area contributed by atoms with E-state index in [0.29, 0.717) is 0 Å².